The van der Waals surface area contributed by atoms with Crippen LogP contribution in [0.2, 0.25) is 0 Å². The maximum absolute atomic E-state index is 11.4. The van der Waals surface area contributed by atoms with Gasteiger partial charge >= 0.3 is 0 Å². The highest BCUT2D eigenvalue weighted by Crippen LogP contribution is 2.35. The largest absolute Gasteiger partial charge is 0.496 e. The van der Waals surface area contributed by atoms with Crippen LogP contribution in [0.1, 0.15) is 50.8 Å². The Labute approximate surface area is 124 Å². The number of nitro benzene ring substituents is 1. The summed E-state index contributed by atoms with van der Waals surface area (Å²) in [5, 5.41) is 12.1. The minimum Gasteiger partial charge on any atom is -0.496 e. The predicted octanol–water partition coefficient (Wildman–Crippen LogP) is 4.40. The lowest BCUT2D eigenvalue weighted by molar-refractivity contribution is -0.383. The molecule has 0 bridgehead atoms. The number of rotatable bonds is 4. The topological polar surface area (TPSA) is 65.3 Å². The zero-order chi connectivity index (χ0) is 15.7. The van der Waals surface area contributed by atoms with Gasteiger partial charge in [0.2, 0.25) is 0 Å². The van der Waals surface area contributed by atoms with Crippen molar-refractivity contribution in [3.63, 3.8) is 0 Å². The number of ether oxygens (including phenoxy) is 1. The van der Waals surface area contributed by atoms with Crippen LogP contribution in [-0.4, -0.2) is 17.0 Å². The molecule has 0 aliphatic carbocycles. The molecule has 0 amide bonds. The first-order valence-electron chi connectivity index (χ1n) is 7.02. The minimum atomic E-state index is -0.397. The Kier molecular flexibility index (Phi) is 4.11. The van der Waals surface area contributed by atoms with Gasteiger partial charge in [0.05, 0.1) is 18.1 Å². The first-order valence-corrected chi connectivity index (χ1v) is 7.02. The molecule has 0 N–H and O–H groups in total. The van der Waals surface area contributed by atoms with Gasteiger partial charge in [0, 0.05) is 11.1 Å². The molecule has 5 heteroatoms. The van der Waals surface area contributed by atoms with Crippen molar-refractivity contribution in [1.82, 2.24) is 4.98 Å². The summed E-state index contributed by atoms with van der Waals surface area (Å²) in [7, 11) is 1.51. The number of nitro groups is 1. The van der Waals surface area contributed by atoms with E-state index in [0.717, 1.165) is 16.6 Å². The normalized spacial score (nSPS) is 11.4. The molecule has 0 spiro atoms. The second kappa shape index (κ2) is 5.68. The van der Waals surface area contributed by atoms with E-state index in [2.05, 4.69) is 18.8 Å². The van der Waals surface area contributed by atoms with Gasteiger partial charge in [-0.15, -0.1) is 0 Å². The zero-order valence-electron chi connectivity index (χ0n) is 13.0. The number of aromatic nitrogens is 1. The fraction of sp³-hybridized carbons (Fsp3) is 0.438. The lowest BCUT2D eigenvalue weighted by atomic mass is 9.95. The second-order valence-corrected chi connectivity index (χ2v) is 5.75. The lowest BCUT2D eigenvalue weighted by Crippen LogP contribution is -2.02. The lowest BCUT2D eigenvalue weighted by Gasteiger charge is -2.15. The van der Waals surface area contributed by atoms with Gasteiger partial charge in [-0.2, -0.15) is 0 Å². The third-order valence-electron chi connectivity index (χ3n) is 3.56. The Morgan fingerprint density at radius 3 is 2.29 bits per heavy atom. The SMILES string of the molecule is COc1cc([N+](=O)[O-])c2nc(C(C)C)cc(C(C)C)c2c1. The highest BCUT2D eigenvalue weighted by Gasteiger charge is 2.20. The molecular weight excluding hydrogens is 268 g/mol. The van der Waals surface area contributed by atoms with Crippen LogP contribution in [0.25, 0.3) is 10.9 Å². The third kappa shape index (κ3) is 2.82. The molecule has 2 rings (SSSR count). The average molecular weight is 288 g/mol. The van der Waals surface area contributed by atoms with E-state index in [1.807, 2.05) is 26.0 Å². The maximum atomic E-state index is 11.4. The molecule has 0 radical (unpaired) electrons. The Morgan fingerprint density at radius 1 is 1.14 bits per heavy atom. The Balaban J connectivity index is 2.92. The van der Waals surface area contributed by atoms with Crippen LogP contribution in [0, 0.1) is 10.1 Å². The van der Waals surface area contributed by atoms with E-state index in [1.165, 1.54) is 13.2 Å². The zero-order valence-corrected chi connectivity index (χ0v) is 13.0. The summed E-state index contributed by atoms with van der Waals surface area (Å²) in [4.78, 5) is 15.5. The van der Waals surface area contributed by atoms with Crippen molar-refractivity contribution in [2.75, 3.05) is 7.11 Å². The fourth-order valence-corrected chi connectivity index (χ4v) is 2.36. The van der Waals surface area contributed by atoms with Crippen LogP contribution < -0.4 is 4.74 Å². The standard InChI is InChI=1S/C16H20N2O3/c1-9(2)12-8-14(10(3)4)17-16-13(12)6-11(21-5)7-15(16)18(19)20/h6-10H,1-5H3. The van der Waals surface area contributed by atoms with Crippen LogP contribution in [0.3, 0.4) is 0 Å². The Bertz CT molecular complexity index is 693. The maximum Gasteiger partial charge on any atom is 0.299 e. The van der Waals surface area contributed by atoms with Crippen molar-refractivity contribution in [1.29, 1.82) is 0 Å². The molecular formula is C16H20N2O3. The quantitative estimate of drug-likeness (QED) is 0.618. The minimum absolute atomic E-state index is 0.00579. The van der Waals surface area contributed by atoms with Gasteiger partial charge in [0.25, 0.3) is 5.69 Å². The summed E-state index contributed by atoms with van der Waals surface area (Å²) in [6.45, 7) is 8.22. The molecule has 21 heavy (non-hydrogen) atoms. The molecule has 1 heterocycles. The number of hydrogen-bond acceptors (Lipinski definition) is 4. The summed E-state index contributed by atoms with van der Waals surface area (Å²) in [6.07, 6.45) is 0. The van der Waals surface area contributed by atoms with Crippen LogP contribution in [0.15, 0.2) is 18.2 Å². The highest BCUT2D eigenvalue weighted by atomic mass is 16.6. The number of pyridine rings is 1. The van der Waals surface area contributed by atoms with Crippen LogP contribution in [0.5, 0.6) is 5.75 Å². The van der Waals surface area contributed by atoms with E-state index in [9.17, 15) is 10.1 Å². The number of nitrogens with zero attached hydrogens (tertiary/aromatic N) is 2. The van der Waals surface area contributed by atoms with Gasteiger partial charge in [-0.3, -0.25) is 10.1 Å². The van der Waals surface area contributed by atoms with Crippen molar-refractivity contribution >= 4 is 16.6 Å². The molecule has 0 fully saturated rings. The molecule has 2 aromatic rings. The van der Waals surface area contributed by atoms with E-state index < -0.39 is 4.92 Å². The molecule has 5 nitrogen and oxygen atoms in total. The molecule has 1 aromatic carbocycles. The van der Waals surface area contributed by atoms with Gasteiger partial charge in [-0.05, 0) is 29.5 Å². The van der Waals surface area contributed by atoms with E-state index in [4.69, 9.17) is 4.74 Å². The van der Waals surface area contributed by atoms with Gasteiger partial charge < -0.3 is 4.74 Å². The van der Waals surface area contributed by atoms with Crippen molar-refractivity contribution in [3.8, 4) is 5.75 Å². The Morgan fingerprint density at radius 2 is 1.81 bits per heavy atom. The van der Waals surface area contributed by atoms with E-state index in [1.54, 1.807) is 0 Å². The van der Waals surface area contributed by atoms with Crippen molar-refractivity contribution in [3.05, 3.63) is 39.6 Å². The Hall–Kier alpha value is -2.17. The summed E-state index contributed by atoms with van der Waals surface area (Å²) < 4.78 is 5.19. The van der Waals surface area contributed by atoms with Crippen molar-refractivity contribution in [2.24, 2.45) is 0 Å². The molecule has 0 saturated heterocycles. The van der Waals surface area contributed by atoms with Crippen molar-refractivity contribution in [2.45, 2.75) is 39.5 Å². The molecule has 0 aliphatic heterocycles. The smallest absolute Gasteiger partial charge is 0.299 e. The summed E-state index contributed by atoms with van der Waals surface area (Å²) in [5.74, 6) is 0.948. The number of non-ortho nitro benzene ring substituents is 1. The van der Waals surface area contributed by atoms with Crippen LogP contribution in [0.4, 0.5) is 5.69 Å². The summed E-state index contributed by atoms with van der Waals surface area (Å²) in [6, 6.07) is 5.30. The first-order chi connectivity index (χ1) is 9.85. The van der Waals surface area contributed by atoms with Crippen LogP contribution >= 0.6 is 0 Å². The average Bonchev–Trinajstić information content (AvgIpc) is 2.44. The number of fused-ring (bicyclic) bond motifs is 1. The molecule has 0 unspecified atom stereocenters. The van der Waals surface area contributed by atoms with E-state index in [-0.39, 0.29) is 17.5 Å². The molecule has 112 valence electrons. The number of methoxy groups -OCH3 is 1. The second-order valence-electron chi connectivity index (χ2n) is 5.75. The predicted molar refractivity (Wildman–Crippen MR) is 83.1 cm³/mol. The molecule has 0 saturated carbocycles. The van der Waals surface area contributed by atoms with Gasteiger partial charge in [0.1, 0.15) is 11.3 Å². The highest BCUT2D eigenvalue weighted by molar-refractivity contribution is 5.91. The van der Waals surface area contributed by atoms with E-state index >= 15 is 0 Å². The fourth-order valence-electron chi connectivity index (χ4n) is 2.36. The third-order valence-corrected chi connectivity index (χ3v) is 3.56. The summed E-state index contributed by atoms with van der Waals surface area (Å²) >= 11 is 0. The number of hydrogen-bond donors (Lipinski definition) is 0. The van der Waals surface area contributed by atoms with Crippen molar-refractivity contribution < 1.29 is 9.66 Å². The van der Waals surface area contributed by atoms with Gasteiger partial charge in [-0.1, -0.05) is 27.7 Å². The molecule has 1 aromatic heterocycles. The molecule has 0 aliphatic rings. The monoisotopic (exact) mass is 288 g/mol. The van der Waals surface area contributed by atoms with Gasteiger partial charge in [0.15, 0.2) is 0 Å². The first kappa shape index (κ1) is 15.2. The number of benzene rings is 1. The molecule has 0 atom stereocenters. The van der Waals surface area contributed by atoms with E-state index in [0.29, 0.717) is 11.3 Å². The van der Waals surface area contributed by atoms with Crippen LogP contribution in [-0.2, 0) is 0 Å². The van der Waals surface area contributed by atoms with Gasteiger partial charge in [-0.25, -0.2) is 4.98 Å². The summed E-state index contributed by atoms with van der Waals surface area (Å²) in [5.41, 5.74) is 2.37.